The Morgan fingerprint density at radius 2 is 2.06 bits per heavy atom. The summed E-state index contributed by atoms with van der Waals surface area (Å²) in [5.74, 6) is 1.66. The molecule has 0 atom stereocenters. The Hall–Kier alpha value is -1.48. The summed E-state index contributed by atoms with van der Waals surface area (Å²) in [5.41, 5.74) is 2.72. The van der Waals surface area contributed by atoms with Crippen LogP contribution in [-0.2, 0) is 7.05 Å². The molecule has 3 nitrogen and oxygen atoms in total. The SMILES string of the molecule is COc1cccc2c1c(C1CCNCC1)cn2C. The van der Waals surface area contributed by atoms with E-state index >= 15 is 0 Å². The lowest BCUT2D eigenvalue weighted by Gasteiger charge is -2.22. The Labute approximate surface area is 108 Å². The van der Waals surface area contributed by atoms with Crippen molar-refractivity contribution in [2.45, 2.75) is 18.8 Å². The van der Waals surface area contributed by atoms with Crippen molar-refractivity contribution in [1.82, 2.24) is 9.88 Å². The molecule has 0 radical (unpaired) electrons. The van der Waals surface area contributed by atoms with Crippen molar-refractivity contribution in [2.24, 2.45) is 7.05 Å². The van der Waals surface area contributed by atoms with Gasteiger partial charge in [-0.2, -0.15) is 0 Å². The number of fused-ring (bicyclic) bond motifs is 1. The number of ether oxygens (including phenoxy) is 1. The van der Waals surface area contributed by atoms with Gasteiger partial charge in [0.15, 0.2) is 0 Å². The summed E-state index contributed by atoms with van der Waals surface area (Å²) in [6.07, 6.45) is 4.72. The first-order valence-electron chi connectivity index (χ1n) is 6.64. The van der Waals surface area contributed by atoms with E-state index in [0.29, 0.717) is 5.92 Å². The van der Waals surface area contributed by atoms with Crippen LogP contribution in [0.1, 0.15) is 24.3 Å². The monoisotopic (exact) mass is 244 g/mol. The van der Waals surface area contributed by atoms with E-state index in [0.717, 1.165) is 18.8 Å². The van der Waals surface area contributed by atoms with E-state index in [1.807, 2.05) is 0 Å². The topological polar surface area (TPSA) is 26.2 Å². The van der Waals surface area contributed by atoms with Crippen molar-refractivity contribution in [2.75, 3.05) is 20.2 Å². The average molecular weight is 244 g/mol. The minimum Gasteiger partial charge on any atom is -0.496 e. The number of methoxy groups -OCH3 is 1. The molecule has 1 aromatic carbocycles. The second-order valence-electron chi connectivity index (χ2n) is 5.07. The number of aromatic nitrogens is 1. The van der Waals surface area contributed by atoms with E-state index in [1.54, 1.807) is 7.11 Å². The van der Waals surface area contributed by atoms with Crippen molar-refractivity contribution >= 4 is 10.9 Å². The molecule has 3 rings (SSSR count). The van der Waals surface area contributed by atoms with E-state index in [9.17, 15) is 0 Å². The standard InChI is InChI=1S/C15H20N2O/c1-17-10-12(11-6-8-16-9-7-11)15-13(17)4-3-5-14(15)18-2/h3-5,10-11,16H,6-9H2,1-2H3. The summed E-state index contributed by atoms with van der Waals surface area (Å²) < 4.78 is 7.76. The fourth-order valence-corrected chi connectivity index (χ4v) is 3.06. The predicted molar refractivity (Wildman–Crippen MR) is 74.3 cm³/mol. The molecule has 1 aromatic heterocycles. The van der Waals surface area contributed by atoms with Crippen LogP contribution in [0.3, 0.4) is 0 Å². The Balaban J connectivity index is 2.15. The van der Waals surface area contributed by atoms with E-state index in [1.165, 1.54) is 29.3 Å². The molecule has 1 saturated heterocycles. The maximum absolute atomic E-state index is 5.54. The normalized spacial score (nSPS) is 17.2. The zero-order chi connectivity index (χ0) is 12.5. The number of hydrogen-bond donors (Lipinski definition) is 1. The fourth-order valence-electron chi connectivity index (χ4n) is 3.06. The van der Waals surface area contributed by atoms with Gasteiger partial charge in [-0.25, -0.2) is 0 Å². The van der Waals surface area contributed by atoms with Gasteiger partial charge in [-0.1, -0.05) is 6.07 Å². The summed E-state index contributed by atoms with van der Waals surface area (Å²) in [6, 6.07) is 6.29. The Bertz CT molecular complexity index is 553. The molecule has 0 unspecified atom stereocenters. The smallest absolute Gasteiger partial charge is 0.128 e. The largest absolute Gasteiger partial charge is 0.496 e. The number of piperidine rings is 1. The molecule has 0 amide bonds. The van der Waals surface area contributed by atoms with Gasteiger partial charge in [0.1, 0.15) is 5.75 Å². The summed E-state index contributed by atoms with van der Waals surface area (Å²) in [5, 5.41) is 4.73. The highest BCUT2D eigenvalue weighted by atomic mass is 16.5. The van der Waals surface area contributed by atoms with Crippen LogP contribution >= 0.6 is 0 Å². The van der Waals surface area contributed by atoms with Gasteiger partial charge in [-0.15, -0.1) is 0 Å². The highest BCUT2D eigenvalue weighted by Gasteiger charge is 2.21. The maximum Gasteiger partial charge on any atom is 0.128 e. The molecule has 2 heterocycles. The molecule has 1 aliphatic heterocycles. The molecule has 1 aliphatic rings. The minimum absolute atomic E-state index is 0.659. The van der Waals surface area contributed by atoms with Gasteiger partial charge in [-0.05, 0) is 49.5 Å². The van der Waals surface area contributed by atoms with E-state index in [4.69, 9.17) is 4.74 Å². The number of nitrogens with one attached hydrogen (secondary N) is 1. The molecule has 18 heavy (non-hydrogen) atoms. The number of aryl methyl sites for hydroxylation is 1. The van der Waals surface area contributed by atoms with Crippen LogP contribution in [0.4, 0.5) is 0 Å². The van der Waals surface area contributed by atoms with Gasteiger partial charge in [-0.3, -0.25) is 0 Å². The van der Waals surface area contributed by atoms with E-state index in [2.05, 4.69) is 41.3 Å². The van der Waals surface area contributed by atoms with Crippen LogP contribution in [0.5, 0.6) is 5.75 Å². The van der Waals surface area contributed by atoms with Crippen LogP contribution in [0.2, 0.25) is 0 Å². The summed E-state index contributed by atoms with van der Waals surface area (Å²) >= 11 is 0. The first kappa shape index (κ1) is 11.6. The summed E-state index contributed by atoms with van der Waals surface area (Å²) in [4.78, 5) is 0. The number of nitrogens with zero attached hydrogens (tertiary/aromatic N) is 1. The Kier molecular flexibility index (Phi) is 3.00. The van der Waals surface area contributed by atoms with Crippen molar-refractivity contribution in [3.05, 3.63) is 30.0 Å². The van der Waals surface area contributed by atoms with Gasteiger partial charge in [0, 0.05) is 18.6 Å². The van der Waals surface area contributed by atoms with E-state index in [-0.39, 0.29) is 0 Å². The predicted octanol–water partition coefficient (Wildman–Crippen LogP) is 2.65. The summed E-state index contributed by atoms with van der Waals surface area (Å²) in [7, 11) is 3.88. The maximum atomic E-state index is 5.54. The molecule has 96 valence electrons. The van der Waals surface area contributed by atoms with Crippen molar-refractivity contribution in [3.63, 3.8) is 0 Å². The molecule has 0 spiro atoms. The van der Waals surface area contributed by atoms with Gasteiger partial charge >= 0.3 is 0 Å². The van der Waals surface area contributed by atoms with Crippen molar-refractivity contribution in [1.29, 1.82) is 0 Å². The molecule has 0 bridgehead atoms. The second kappa shape index (κ2) is 4.65. The van der Waals surface area contributed by atoms with Gasteiger partial charge in [0.05, 0.1) is 12.6 Å². The van der Waals surface area contributed by atoms with Crippen LogP contribution in [-0.4, -0.2) is 24.8 Å². The van der Waals surface area contributed by atoms with Crippen molar-refractivity contribution < 1.29 is 4.74 Å². The van der Waals surface area contributed by atoms with Crippen LogP contribution in [0, 0.1) is 0 Å². The lowest BCUT2D eigenvalue weighted by Crippen LogP contribution is -2.26. The number of hydrogen-bond acceptors (Lipinski definition) is 2. The third kappa shape index (κ3) is 1.79. The third-order valence-corrected chi connectivity index (χ3v) is 4.00. The minimum atomic E-state index is 0.659. The number of rotatable bonds is 2. The fraction of sp³-hybridized carbons (Fsp3) is 0.467. The molecule has 2 aromatic rings. The van der Waals surface area contributed by atoms with Crippen LogP contribution in [0.15, 0.2) is 24.4 Å². The van der Waals surface area contributed by atoms with Crippen LogP contribution < -0.4 is 10.1 Å². The Morgan fingerprint density at radius 1 is 1.28 bits per heavy atom. The molecule has 1 fully saturated rings. The molecule has 0 saturated carbocycles. The van der Waals surface area contributed by atoms with Gasteiger partial charge < -0.3 is 14.6 Å². The molecule has 1 N–H and O–H groups in total. The van der Waals surface area contributed by atoms with Gasteiger partial charge in [0.2, 0.25) is 0 Å². The molecular formula is C15H20N2O. The lowest BCUT2D eigenvalue weighted by molar-refractivity contribution is 0.418. The quantitative estimate of drug-likeness (QED) is 0.879. The van der Waals surface area contributed by atoms with Gasteiger partial charge in [0.25, 0.3) is 0 Å². The van der Waals surface area contributed by atoms with Crippen molar-refractivity contribution in [3.8, 4) is 5.75 Å². The zero-order valence-electron chi connectivity index (χ0n) is 11.1. The Morgan fingerprint density at radius 3 is 2.78 bits per heavy atom. The van der Waals surface area contributed by atoms with E-state index < -0.39 is 0 Å². The zero-order valence-corrected chi connectivity index (χ0v) is 11.1. The lowest BCUT2D eigenvalue weighted by atomic mass is 9.90. The highest BCUT2D eigenvalue weighted by Crippen LogP contribution is 2.37. The number of benzene rings is 1. The first-order chi connectivity index (χ1) is 8.81. The highest BCUT2D eigenvalue weighted by molar-refractivity contribution is 5.90. The summed E-state index contributed by atoms with van der Waals surface area (Å²) in [6.45, 7) is 2.24. The third-order valence-electron chi connectivity index (χ3n) is 4.00. The average Bonchev–Trinajstić information content (AvgIpc) is 2.77. The van der Waals surface area contributed by atoms with Crippen LogP contribution in [0.25, 0.3) is 10.9 Å². The second-order valence-corrected chi connectivity index (χ2v) is 5.07. The molecular weight excluding hydrogens is 224 g/mol. The molecule has 3 heteroatoms. The first-order valence-corrected chi connectivity index (χ1v) is 6.64. The molecule has 0 aliphatic carbocycles.